The van der Waals surface area contributed by atoms with E-state index in [1.807, 2.05) is 24.0 Å². The average Bonchev–Trinajstić information content (AvgIpc) is 2.62. The molecule has 1 aromatic rings. The fraction of sp³-hybridized carbons (Fsp3) is 0.364. The fourth-order valence-electron chi connectivity index (χ4n) is 1.78. The van der Waals surface area contributed by atoms with Crippen molar-refractivity contribution in [1.82, 2.24) is 4.90 Å². The highest BCUT2D eigenvalue weighted by molar-refractivity contribution is 9.10. The Morgan fingerprint density at radius 1 is 1.50 bits per heavy atom. The van der Waals surface area contributed by atoms with Crippen LogP contribution in [0.2, 0.25) is 0 Å². The number of halogens is 1. The van der Waals surface area contributed by atoms with Gasteiger partial charge in [-0.3, -0.25) is 4.79 Å². The Balaban J connectivity index is 2.26. The van der Waals surface area contributed by atoms with Gasteiger partial charge in [0.15, 0.2) is 0 Å². The SMILES string of the molecule is CCC(=O)N1Cc2cccc(Br)c2C1. The minimum absolute atomic E-state index is 0.230. The Labute approximate surface area is 92.0 Å². The molecule has 0 saturated carbocycles. The molecule has 1 aromatic carbocycles. The first-order chi connectivity index (χ1) is 6.72. The Morgan fingerprint density at radius 3 is 2.93 bits per heavy atom. The number of amides is 1. The number of hydrogen-bond donors (Lipinski definition) is 0. The Kier molecular flexibility index (Phi) is 2.59. The van der Waals surface area contributed by atoms with E-state index in [0.29, 0.717) is 6.42 Å². The van der Waals surface area contributed by atoms with Crippen LogP contribution in [0.1, 0.15) is 24.5 Å². The largest absolute Gasteiger partial charge is 0.334 e. The maximum absolute atomic E-state index is 11.5. The van der Waals surface area contributed by atoms with Gasteiger partial charge in [-0.1, -0.05) is 35.0 Å². The van der Waals surface area contributed by atoms with Crippen LogP contribution in [0.5, 0.6) is 0 Å². The van der Waals surface area contributed by atoms with Gasteiger partial charge in [0.2, 0.25) is 5.91 Å². The van der Waals surface area contributed by atoms with Crippen molar-refractivity contribution in [2.24, 2.45) is 0 Å². The molecule has 1 heterocycles. The Bertz CT molecular complexity index is 376. The van der Waals surface area contributed by atoms with Gasteiger partial charge in [-0.2, -0.15) is 0 Å². The van der Waals surface area contributed by atoms with Crippen molar-refractivity contribution in [1.29, 1.82) is 0 Å². The zero-order chi connectivity index (χ0) is 10.1. The monoisotopic (exact) mass is 253 g/mol. The smallest absolute Gasteiger partial charge is 0.222 e. The maximum Gasteiger partial charge on any atom is 0.222 e. The zero-order valence-corrected chi connectivity index (χ0v) is 9.67. The highest BCUT2D eigenvalue weighted by atomic mass is 79.9. The van der Waals surface area contributed by atoms with Crippen LogP contribution in [0.3, 0.4) is 0 Å². The second kappa shape index (κ2) is 3.73. The number of nitrogens with zero attached hydrogens (tertiary/aromatic N) is 1. The molecule has 0 aromatic heterocycles. The summed E-state index contributed by atoms with van der Waals surface area (Å²) in [4.78, 5) is 13.4. The second-order valence-electron chi connectivity index (χ2n) is 3.48. The topological polar surface area (TPSA) is 20.3 Å². The standard InChI is InChI=1S/C11H12BrNO/c1-2-11(14)13-6-8-4-3-5-10(12)9(8)7-13/h3-5H,2,6-7H2,1H3. The Morgan fingerprint density at radius 2 is 2.29 bits per heavy atom. The van der Waals surface area contributed by atoms with Gasteiger partial charge in [0.05, 0.1) is 0 Å². The van der Waals surface area contributed by atoms with Gasteiger partial charge in [0.1, 0.15) is 0 Å². The highest BCUT2D eigenvalue weighted by Crippen LogP contribution is 2.29. The van der Waals surface area contributed by atoms with Crippen LogP contribution in [-0.4, -0.2) is 10.8 Å². The summed E-state index contributed by atoms with van der Waals surface area (Å²) in [5.74, 6) is 0.230. The molecule has 2 rings (SSSR count). The molecular formula is C11H12BrNO. The lowest BCUT2D eigenvalue weighted by Crippen LogP contribution is -2.24. The number of rotatable bonds is 1. The van der Waals surface area contributed by atoms with Gasteiger partial charge < -0.3 is 4.90 Å². The normalized spacial score (nSPS) is 14.3. The van der Waals surface area contributed by atoms with Crippen LogP contribution in [0.4, 0.5) is 0 Å². The Hall–Kier alpha value is -0.830. The zero-order valence-electron chi connectivity index (χ0n) is 8.09. The molecule has 1 aliphatic rings. The molecule has 0 unspecified atom stereocenters. The molecule has 0 spiro atoms. The van der Waals surface area contributed by atoms with Gasteiger partial charge in [-0.05, 0) is 17.2 Å². The van der Waals surface area contributed by atoms with E-state index in [1.165, 1.54) is 11.1 Å². The first-order valence-electron chi connectivity index (χ1n) is 4.76. The van der Waals surface area contributed by atoms with Crippen molar-refractivity contribution in [3.8, 4) is 0 Å². The molecule has 0 aliphatic carbocycles. The van der Waals surface area contributed by atoms with Gasteiger partial charge in [-0.25, -0.2) is 0 Å². The van der Waals surface area contributed by atoms with E-state index in [4.69, 9.17) is 0 Å². The summed E-state index contributed by atoms with van der Waals surface area (Å²) in [6.07, 6.45) is 0.589. The molecular weight excluding hydrogens is 242 g/mol. The van der Waals surface area contributed by atoms with E-state index in [9.17, 15) is 4.79 Å². The second-order valence-corrected chi connectivity index (χ2v) is 4.34. The summed E-state index contributed by atoms with van der Waals surface area (Å²) in [6, 6.07) is 6.13. The molecule has 0 atom stereocenters. The first-order valence-corrected chi connectivity index (χ1v) is 5.55. The van der Waals surface area contributed by atoms with Crippen LogP contribution in [0, 0.1) is 0 Å². The van der Waals surface area contributed by atoms with Crippen molar-refractivity contribution < 1.29 is 4.79 Å². The van der Waals surface area contributed by atoms with Crippen molar-refractivity contribution in [2.45, 2.75) is 26.4 Å². The van der Waals surface area contributed by atoms with E-state index in [2.05, 4.69) is 22.0 Å². The van der Waals surface area contributed by atoms with Crippen LogP contribution < -0.4 is 0 Å². The third-order valence-corrected chi connectivity index (χ3v) is 3.32. The molecule has 1 aliphatic heterocycles. The molecule has 1 amide bonds. The van der Waals surface area contributed by atoms with Gasteiger partial charge in [-0.15, -0.1) is 0 Å². The van der Waals surface area contributed by atoms with Crippen LogP contribution >= 0.6 is 15.9 Å². The maximum atomic E-state index is 11.5. The summed E-state index contributed by atoms with van der Waals surface area (Å²) in [6.45, 7) is 3.42. The number of fused-ring (bicyclic) bond motifs is 1. The number of carbonyl (C=O) groups excluding carboxylic acids is 1. The third kappa shape index (κ3) is 1.57. The van der Waals surface area contributed by atoms with E-state index in [0.717, 1.165) is 17.6 Å². The van der Waals surface area contributed by atoms with Crippen molar-refractivity contribution in [2.75, 3.05) is 0 Å². The lowest BCUT2D eigenvalue weighted by atomic mass is 10.1. The van der Waals surface area contributed by atoms with Gasteiger partial charge in [0, 0.05) is 24.0 Å². The molecule has 2 nitrogen and oxygen atoms in total. The molecule has 74 valence electrons. The average molecular weight is 254 g/mol. The summed E-state index contributed by atoms with van der Waals surface area (Å²) in [5, 5.41) is 0. The lowest BCUT2D eigenvalue weighted by Gasteiger charge is -2.13. The summed E-state index contributed by atoms with van der Waals surface area (Å²) in [5.41, 5.74) is 2.52. The minimum atomic E-state index is 0.230. The van der Waals surface area contributed by atoms with Gasteiger partial charge in [0.25, 0.3) is 0 Å². The first kappa shape index (κ1) is 9.71. The molecule has 0 fully saturated rings. The number of hydrogen-bond acceptors (Lipinski definition) is 1. The highest BCUT2D eigenvalue weighted by Gasteiger charge is 2.23. The summed E-state index contributed by atoms with van der Waals surface area (Å²) >= 11 is 3.51. The van der Waals surface area contributed by atoms with Crippen LogP contribution in [0.15, 0.2) is 22.7 Å². The molecule has 0 saturated heterocycles. The van der Waals surface area contributed by atoms with Crippen molar-refractivity contribution in [3.63, 3.8) is 0 Å². The summed E-state index contributed by atoms with van der Waals surface area (Å²) in [7, 11) is 0. The quantitative estimate of drug-likeness (QED) is 0.754. The molecule has 0 bridgehead atoms. The number of carbonyl (C=O) groups is 1. The lowest BCUT2D eigenvalue weighted by molar-refractivity contribution is -0.131. The minimum Gasteiger partial charge on any atom is -0.334 e. The van der Waals surface area contributed by atoms with Crippen LogP contribution in [0.25, 0.3) is 0 Å². The van der Waals surface area contributed by atoms with Crippen LogP contribution in [-0.2, 0) is 17.9 Å². The third-order valence-electron chi connectivity index (χ3n) is 2.58. The predicted octanol–water partition coefficient (Wildman–Crippen LogP) is 2.70. The molecule has 0 radical (unpaired) electrons. The fourth-order valence-corrected chi connectivity index (χ4v) is 2.31. The number of benzene rings is 1. The van der Waals surface area contributed by atoms with Crippen molar-refractivity contribution >= 4 is 21.8 Å². The predicted molar refractivity (Wildman–Crippen MR) is 58.7 cm³/mol. The molecule has 0 N–H and O–H groups in total. The summed E-state index contributed by atoms with van der Waals surface area (Å²) < 4.78 is 1.11. The van der Waals surface area contributed by atoms with E-state index in [-0.39, 0.29) is 5.91 Å². The van der Waals surface area contributed by atoms with Gasteiger partial charge >= 0.3 is 0 Å². The molecule has 14 heavy (non-hydrogen) atoms. The van der Waals surface area contributed by atoms with E-state index < -0.39 is 0 Å². The van der Waals surface area contributed by atoms with E-state index in [1.54, 1.807) is 0 Å². The van der Waals surface area contributed by atoms with E-state index >= 15 is 0 Å². The molecule has 3 heteroatoms. The van der Waals surface area contributed by atoms with Crippen molar-refractivity contribution in [3.05, 3.63) is 33.8 Å².